The number of nitrogens with zero attached hydrogens (tertiary/aromatic N) is 2. The normalized spacial score (nSPS) is 16.9. The zero-order valence-electron chi connectivity index (χ0n) is 13.7. The Kier molecular flexibility index (Phi) is 4.07. The molecule has 1 aromatic carbocycles. The van der Waals surface area contributed by atoms with Crippen LogP contribution in [0.25, 0.3) is 0 Å². The molecule has 2 aliphatic rings. The number of benzene rings is 1. The van der Waals surface area contributed by atoms with E-state index in [0.717, 1.165) is 24.5 Å². The van der Waals surface area contributed by atoms with Crippen LogP contribution in [0.1, 0.15) is 36.2 Å². The zero-order chi connectivity index (χ0) is 16.4. The molecule has 1 aromatic heterocycles. The van der Waals surface area contributed by atoms with Gasteiger partial charge in [-0.1, -0.05) is 0 Å². The van der Waals surface area contributed by atoms with Crippen molar-refractivity contribution in [1.29, 1.82) is 0 Å². The summed E-state index contributed by atoms with van der Waals surface area (Å²) < 4.78 is 0. The second-order valence-electron chi connectivity index (χ2n) is 6.55. The fourth-order valence-corrected chi connectivity index (χ4v) is 3.00. The van der Waals surface area contributed by atoms with Crippen LogP contribution in [0.3, 0.4) is 0 Å². The Labute approximate surface area is 142 Å². The summed E-state index contributed by atoms with van der Waals surface area (Å²) in [6.45, 7) is 2.24. The highest BCUT2D eigenvalue weighted by Gasteiger charge is 2.21. The molecule has 5 nitrogen and oxygen atoms in total. The molecule has 2 fully saturated rings. The molecule has 1 amide bonds. The maximum Gasteiger partial charge on any atom is 0.274 e. The highest BCUT2D eigenvalue weighted by atomic mass is 16.1. The molecule has 1 saturated heterocycles. The van der Waals surface area contributed by atoms with E-state index in [0.29, 0.717) is 11.7 Å². The summed E-state index contributed by atoms with van der Waals surface area (Å²) >= 11 is 0. The first kappa shape index (κ1) is 15.0. The van der Waals surface area contributed by atoms with Gasteiger partial charge in [-0.2, -0.15) is 0 Å². The first-order valence-electron chi connectivity index (χ1n) is 8.67. The number of carbonyl (C=O) groups excluding carboxylic acids is 1. The molecule has 2 aromatic rings. The predicted molar refractivity (Wildman–Crippen MR) is 96.7 cm³/mol. The molecule has 2 heterocycles. The summed E-state index contributed by atoms with van der Waals surface area (Å²) in [5.41, 5.74) is 3.42. The molecule has 4 rings (SSSR count). The highest BCUT2D eigenvalue weighted by Crippen LogP contribution is 2.24. The summed E-state index contributed by atoms with van der Waals surface area (Å²) in [6, 6.07) is 12.3. The van der Waals surface area contributed by atoms with Crippen molar-refractivity contribution in [3.63, 3.8) is 0 Å². The number of pyridine rings is 1. The Morgan fingerprint density at radius 3 is 2.33 bits per heavy atom. The Bertz CT molecular complexity index is 701. The standard InChI is InChI=1S/C19H22N4O/c24-19(18-10-7-16(13-20-18)21-14-3-4-14)22-15-5-8-17(9-6-15)23-11-1-2-12-23/h5-10,13-14,21H,1-4,11-12H2,(H,22,24). The van der Waals surface area contributed by atoms with Crippen LogP contribution in [0, 0.1) is 0 Å². The summed E-state index contributed by atoms with van der Waals surface area (Å²) in [6.07, 6.45) is 6.68. The van der Waals surface area contributed by atoms with Gasteiger partial charge in [0.25, 0.3) is 5.91 Å². The van der Waals surface area contributed by atoms with Crippen LogP contribution >= 0.6 is 0 Å². The molecular weight excluding hydrogens is 300 g/mol. The number of hydrogen-bond acceptors (Lipinski definition) is 4. The number of nitrogens with one attached hydrogen (secondary N) is 2. The van der Waals surface area contributed by atoms with Gasteiger partial charge in [-0.25, -0.2) is 4.98 Å². The minimum Gasteiger partial charge on any atom is -0.381 e. The molecule has 2 N–H and O–H groups in total. The number of anilines is 3. The van der Waals surface area contributed by atoms with E-state index in [1.54, 1.807) is 12.3 Å². The number of aromatic nitrogens is 1. The van der Waals surface area contributed by atoms with Crippen molar-refractivity contribution < 1.29 is 4.79 Å². The van der Waals surface area contributed by atoms with Crippen LogP contribution < -0.4 is 15.5 Å². The topological polar surface area (TPSA) is 57.3 Å². The van der Waals surface area contributed by atoms with Crippen LogP contribution in [0.2, 0.25) is 0 Å². The quantitative estimate of drug-likeness (QED) is 0.884. The number of carbonyl (C=O) groups is 1. The van der Waals surface area contributed by atoms with Gasteiger partial charge < -0.3 is 15.5 Å². The smallest absolute Gasteiger partial charge is 0.274 e. The minimum absolute atomic E-state index is 0.179. The zero-order valence-corrected chi connectivity index (χ0v) is 13.7. The molecule has 1 aliphatic carbocycles. The lowest BCUT2D eigenvalue weighted by Gasteiger charge is -2.17. The van der Waals surface area contributed by atoms with E-state index in [1.807, 2.05) is 18.2 Å². The molecule has 0 atom stereocenters. The Morgan fingerprint density at radius 1 is 1.00 bits per heavy atom. The first-order chi connectivity index (χ1) is 11.8. The van der Waals surface area contributed by atoms with E-state index in [1.165, 1.54) is 31.4 Å². The number of amides is 1. The predicted octanol–water partition coefficient (Wildman–Crippen LogP) is 3.51. The van der Waals surface area contributed by atoms with E-state index in [-0.39, 0.29) is 5.91 Å². The van der Waals surface area contributed by atoms with Crippen molar-refractivity contribution in [3.8, 4) is 0 Å². The Morgan fingerprint density at radius 2 is 1.71 bits per heavy atom. The second-order valence-corrected chi connectivity index (χ2v) is 6.55. The van der Waals surface area contributed by atoms with E-state index in [9.17, 15) is 4.79 Å². The van der Waals surface area contributed by atoms with Gasteiger partial charge >= 0.3 is 0 Å². The lowest BCUT2D eigenvalue weighted by molar-refractivity contribution is 0.102. The van der Waals surface area contributed by atoms with Crippen LogP contribution in [-0.2, 0) is 0 Å². The lowest BCUT2D eigenvalue weighted by Crippen LogP contribution is -2.17. The third-order valence-corrected chi connectivity index (χ3v) is 4.54. The number of hydrogen-bond donors (Lipinski definition) is 2. The largest absolute Gasteiger partial charge is 0.381 e. The van der Waals surface area contributed by atoms with Crippen molar-refractivity contribution >= 4 is 23.0 Å². The maximum absolute atomic E-state index is 12.3. The average Bonchev–Trinajstić information content (AvgIpc) is 3.25. The van der Waals surface area contributed by atoms with E-state index >= 15 is 0 Å². The molecule has 0 bridgehead atoms. The maximum atomic E-state index is 12.3. The minimum atomic E-state index is -0.179. The summed E-state index contributed by atoms with van der Waals surface area (Å²) in [5.74, 6) is -0.179. The number of rotatable bonds is 5. The SMILES string of the molecule is O=C(Nc1ccc(N2CCCC2)cc1)c1ccc(NC2CC2)cn1. The molecule has 1 saturated carbocycles. The fraction of sp³-hybridized carbons (Fsp3) is 0.368. The van der Waals surface area contributed by atoms with Gasteiger partial charge in [-0.15, -0.1) is 0 Å². The van der Waals surface area contributed by atoms with Crippen LogP contribution in [-0.4, -0.2) is 30.0 Å². The second kappa shape index (κ2) is 6.51. The third kappa shape index (κ3) is 3.50. The molecule has 0 radical (unpaired) electrons. The monoisotopic (exact) mass is 322 g/mol. The molecule has 124 valence electrons. The van der Waals surface area contributed by atoms with Crippen LogP contribution in [0.4, 0.5) is 17.1 Å². The van der Waals surface area contributed by atoms with Gasteiger partial charge in [0.15, 0.2) is 0 Å². The third-order valence-electron chi connectivity index (χ3n) is 4.54. The molecule has 1 aliphatic heterocycles. The summed E-state index contributed by atoms with van der Waals surface area (Å²) in [5, 5.41) is 6.27. The molecule has 0 unspecified atom stereocenters. The van der Waals surface area contributed by atoms with Crippen molar-refractivity contribution in [2.75, 3.05) is 28.6 Å². The average molecular weight is 322 g/mol. The molecule has 24 heavy (non-hydrogen) atoms. The van der Waals surface area contributed by atoms with Crippen LogP contribution in [0.15, 0.2) is 42.6 Å². The van der Waals surface area contributed by atoms with Gasteiger partial charge in [0.05, 0.1) is 11.9 Å². The first-order valence-corrected chi connectivity index (χ1v) is 8.67. The Balaban J connectivity index is 1.37. The summed E-state index contributed by atoms with van der Waals surface area (Å²) in [7, 11) is 0. The van der Waals surface area contributed by atoms with Crippen molar-refractivity contribution in [3.05, 3.63) is 48.3 Å². The van der Waals surface area contributed by atoms with Gasteiger partial charge in [-0.05, 0) is 62.1 Å². The van der Waals surface area contributed by atoms with Gasteiger partial charge in [0, 0.05) is 30.5 Å². The van der Waals surface area contributed by atoms with Crippen molar-refractivity contribution in [2.45, 2.75) is 31.7 Å². The molecule has 5 heteroatoms. The lowest BCUT2D eigenvalue weighted by atomic mass is 10.2. The Hall–Kier alpha value is -2.56. The molecule has 0 spiro atoms. The highest BCUT2D eigenvalue weighted by molar-refractivity contribution is 6.03. The summed E-state index contributed by atoms with van der Waals surface area (Å²) in [4.78, 5) is 18.9. The van der Waals surface area contributed by atoms with Crippen molar-refractivity contribution in [1.82, 2.24) is 4.98 Å². The molecular formula is C19H22N4O. The fourth-order valence-electron chi connectivity index (χ4n) is 3.00. The van der Waals surface area contributed by atoms with Gasteiger partial charge in [-0.3, -0.25) is 4.79 Å². The van der Waals surface area contributed by atoms with Crippen molar-refractivity contribution in [2.24, 2.45) is 0 Å². The van der Waals surface area contributed by atoms with E-state index < -0.39 is 0 Å². The van der Waals surface area contributed by atoms with Crippen LogP contribution in [0.5, 0.6) is 0 Å². The van der Waals surface area contributed by atoms with E-state index in [4.69, 9.17) is 0 Å². The van der Waals surface area contributed by atoms with Gasteiger partial charge in [0.1, 0.15) is 5.69 Å². The van der Waals surface area contributed by atoms with Gasteiger partial charge in [0.2, 0.25) is 0 Å². The van der Waals surface area contributed by atoms with E-state index in [2.05, 4.69) is 32.7 Å².